The molecule has 0 radical (unpaired) electrons. The van der Waals surface area contributed by atoms with Crippen LogP contribution in [0.25, 0.3) is 0 Å². The number of nitrogens with zero attached hydrogens (tertiary/aromatic N) is 2. The zero-order valence-electron chi connectivity index (χ0n) is 13.6. The lowest BCUT2D eigenvalue weighted by molar-refractivity contribution is 0.178. The van der Waals surface area contributed by atoms with Crippen molar-refractivity contribution in [2.24, 2.45) is 10.9 Å². The smallest absolute Gasteiger partial charge is 0.191 e. The molecule has 0 aromatic rings. The number of hydrogen-bond acceptors (Lipinski definition) is 3. The van der Waals surface area contributed by atoms with Gasteiger partial charge in [-0.3, -0.25) is 4.99 Å². The number of methoxy groups -OCH3 is 1. The van der Waals surface area contributed by atoms with E-state index in [0.29, 0.717) is 6.61 Å². The lowest BCUT2D eigenvalue weighted by atomic mass is 10.0. The summed E-state index contributed by atoms with van der Waals surface area (Å²) in [5.74, 6) is 1.72. The van der Waals surface area contributed by atoms with E-state index >= 15 is 0 Å². The van der Waals surface area contributed by atoms with E-state index in [1.807, 2.05) is 0 Å². The maximum Gasteiger partial charge on any atom is 0.191 e. The number of nitrogens with one attached hydrogen (secondary N) is 2. The fourth-order valence-corrected chi connectivity index (χ4v) is 2.72. The van der Waals surface area contributed by atoms with Crippen molar-refractivity contribution in [3.8, 4) is 0 Å². The summed E-state index contributed by atoms with van der Waals surface area (Å²) in [5, 5.41) is 6.68. The van der Waals surface area contributed by atoms with Crippen molar-refractivity contribution >= 4 is 5.96 Å². The van der Waals surface area contributed by atoms with Gasteiger partial charge < -0.3 is 20.3 Å². The highest BCUT2D eigenvalue weighted by Crippen LogP contribution is 2.15. The van der Waals surface area contributed by atoms with Crippen LogP contribution in [0.4, 0.5) is 0 Å². The van der Waals surface area contributed by atoms with E-state index < -0.39 is 0 Å². The minimum absolute atomic E-state index is 0.272. The van der Waals surface area contributed by atoms with Crippen LogP contribution >= 0.6 is 0 Å². The van der Waals surface area contributed by atoms with Crippen LogP contribution in [0.1, 0.15) is 33.1 Å². The van der Waals surface area contributed by atoms with Crippen molar-refractivity contribution in [3.63, 3.8) is 0 Å². The molecule has 2 atom stereocenters. The Kier molecular flexibility index (Phi) is 8.62. The van der Waals surface area contributed by atoms with Gasteiger partial charge >= 0.3 is 0 Å². The molecule has 0 spiro atoms. The average molecular weight is 284 g/mol. The second-order valence-corrected chi connectivity index (χ2v) is 5.90. The molecule has 20 heavy (non-hydrogen) atoms. The van der Waals surface area contributed by atoms with E-state index in [1.165, 1.54) is 32.5 Å². The maximum absolute atomic E-state index is 5.11. The van der Waals surface area contributed by atoms with Crippen LogP contribution in [0.15, 0.2) is 4.99 Å². The lowest BCUT2D eigenvalue weighted by Crippen LogP contribution is -2.44. The zero-order valence-corrected chi connectivity index (χ0v) is 13.6. The molecule has 1 aliphatic heterocycles. The Labute approximate surface area is 124 Å². The Morgan fingerprint density at radius 1 is 1.50 bits per heavy atom. The molecule has 5 heteroatoms. The van der Waals surface area contributed by atoms with Crippen molar-refractivity contribution in [1.29, 1.82) is 0 Å². The molecule has 2 N–H and O–H groups in total. The standard InChI is InChI=1S/C15H32N4O/c1-13-7-5-9-19(11-13)10-6-8-17-15(16-3)18-14(2)12-20-4/h13-14H,5-12H2,1-4H3,(H2,16,17,18). The van der Waals surface area contributed by atoms with Gasteiger partial charge in [0.2, 0.25) is 0 Å². The van der Waals surface area contributed by atoms with E-state index in [1.54, 1.807) is 14.2 Å². The summed E-state index contributed by atoms with van der Waals surface area (Å²) >= 11 is 0. The third kappa shape index (κ3) is 7.10. The first-order valence-electron chi connectivity index (χ1n) is 7.84. The monoisotopic (exact) mass is 284 g/mol. The molecule has 0 saturated carbocycles. The van der Waals surface area contributed by atoms with E-state index in [4.69, 9.17) is 4.74 Å². The number of guanidine groups is 1. The van der Waals surface area contributed by atoms with Crippen molar-refractivity contribution in [1.82, 2.24) is 15.5 Å². The molecule has 0 bridgehead atoms. The van der Waals surface area contributed by atoms with Gasteiger partial charge in [0.1, 0.15) is 0 Å². The van der Waals surface area contributed by atoms with Crippen LogP contribution in [0.2, 0.25) is 0 Å². The number of rotatable bonds is 7. The molecule has 1 heterocycles. The van der Waals surface area contributed by atoms with Gasteiger partial charge in [0.15, 0.2) is 5.96 Å². The second kappa shape index (κ2) is 10.00. The topological polar surface area (TPSA) is 48.9 Å². The van der Waals surface area contributed by atoms with Gasteiger partial charge in [-0.2, -0.15) is 0 Å². The van der Waals surface area contributed by atoms with Crippen LogP contribution in [0, 0.1) is 5.92 Å². The Bertz CT molecular complexity index is 283. The van der Waals surface area contributed by atoms with Crippen LogP contribution in [0.5, 0.6) is 0 Å². The van der Waals surface area contributed by atoms with Crippen molar-refractivity contribution < 1.29 is 4.74 Å². The predicted molar refractivity (Wildman–Crippen MR) is 85.3 cm³/mol. The lowest BCUT2D eigenvalue weighted by Gasteiger charge is -2.30. The number of aliphatic imine (C=N–C) groups is 1. The minimum Gasteiger partial charge on any atom is -0.383 e. The van der Waals surface area contributed by atoms with Crippen molar-refractivity contribution in [2.75, 3.05) is 46.9 Å². The quantitative estimate of drug-likeness (QED) is 0.420. The second-order valence-electron chi connectivity index (χ2n) is 5.90. The van der Waals surface area contributed by atoms with E-state index in [2.05, 4.69) is 34.4 Å². The Morgan fingerprint density at radius 2 is 2.30 bits per heavy atom. The summed E-state index contributed by atoms with van der Waals surface area (Å²) < 4.78 is 5.11. The normalized spacial score (nSPS) is 22.6. The predicted octanol–water partition coefficient (Wildman–Crippen LogP) is 1.31. The molecule has 1 aliphatic rings. The molecule has 2 unspecified atom stereocenters. The SMILES string of the molecule is CN=C(NCCCN1CCCC(C)C1)NC(C)COC. The minimum atomic E-state index is 0.272. The van der Waals surface area contributed by atoms with Gasteiger partial charge in [0.05, 0.1) is 6.61 Å². The number of ether oxygens (including phenoxy) is 1. The summed E-state index contributed by atoms with van der Waals surface area (Å²) in [7, 11) is 3.52. The summed E-state index contributed by atoms with van der Waals surface area (Å²) in [5.41, 5.74) is 0. The average Bonchev–Trinajstić information content (AvgIpc) is 2.42. The molecule has 0 aromatic carbocycles. The zero-order chi connectivity index (χ0) is 14.8. The van der Waals surface area contributed by atoms with Gasteiger partial charge in [0, 0.05) is 33.3 Å². The Balaban J connectivity index is 2.12. The highest BCUT2D eigenvalue weighted by atomic mass is 16.5. The van der Waals surface area contributed by atoms with Crippen molar-refractivity contribution in [3.05, 3.63) is 0 Å². The van der Waals surface area contributed by atoms with Gasteiger partial charge in [-0.15, -0.1) is 0 Å². The summed E-state index contributed by atoms with van der Waals surface area (Å²) in [4.78, 5) is 6.81. The van der Waals surface area contributed by atoms with Crippen LogP contribution in [-0.4, -0.2) is 63.8 Å². The van der Waals surface area contributed by atoms with E-state index in [-0.39, 0.29) is 6.04 Å². The molecule has 1 saturated heterocycles. The molecule has 118 valence electrons. The van der Waals surface area contributed by atoms with Crippen LogP contribution in [-0.2, 0) is 4.74 Å². The highest BCUT2D eigenvalue weighted by molar-refractivity contribution is 5.79. The maximum atomic E-state index is 5.11. The molecule has 0 amide bonds. The number of likely N-dealkylation sites (tertiary alicyclic amines) is 1. The number of hydrogen-bond donors (Lipinski definition) is 2. The third-order valence-corrected chi connectivity index (χ3v) is 3.71. The molecule has 1 fully saturated rings. The molecule has 0 aromatic heterocycles. The van der Waals surface area contributed by atoms with Crippen LogP contribution < -0.4 is 10.6 Å². The molecular weight excluding hydrogens is 252 g/mol. The largest absolute Gasteiger partial charge is 0.383 e. The van der Waals surface area contributed by atoms with Gasteiger partial charge in [-0.05, 0) is 45.2 Å². The van der Waals surface area contributed by atoms with Gasteiger partial charge in [-0.1, -0.05) is 6.92 Å². The van der Waals surface area contributed by atoms with E-state index in [9.17, 15) is 0 Å². The Hall–Kier alpha value is -0.810. The summed E-state index contributed by atoms with van der Waals surface area (Å²) in [6, 6.07) is 0.272. The fraction of sp³-hybridized carbons (Fsp3) is 0.933. The summed E-state index contributed by atoms with van der Waals surface area (Å²) in [6.45, 7) is 9.80. The van der Waals surface area contributed by atoms with Gasteiger partial charge in [-0.25, -0.2) is 0 Å². The Morgan fingerprint density at radius 3 is 2.95 bits per heavy atom. The first-order chi connectivity index (χ1) is 9.65. The molecule has 5 nitrogen and oxygen atoms in total. The first kappa shape index (κ1) is 17.2. The van der Waals surface area contributed by atoms with Gasteiger partial charge in [0.25, 0.3) is 0 Å². The molecular formula is C15H32N4O. The number of piperidine rings is 1. The third-order valence-electron chi connectivity index (χ3n) is 3.71. The van der Waals surface area contributed by atoms with E-state index in [0.717, 1.165) is 24.8 Å². The first-order valence-corrected chi connectivity index (χ1v) is 7.84. The van der Waals surface area contributed by atoms with Crippen LogP contribution in [0.3, 0.4) is 0 Å². The van der Waals surface area contributed by atoms with Crippen molar-refractivity contribution in [2.45, 2.75) is 39.2 Å². The fourth-order valence-electron chi connectivity index (χ4n) is 2.72. The highest BCUT2D eigenvalue weighted by Gasteiger charge is 2.15. The molecule has 1 rings (SSSR count). The molecule has 0 aliphatic carbocycles. The summed E-state index contributed by atoms with van der Waals surface area (Å²) in [6.07, 6.45) is 3.90.